The van der Waals surface area contributed by atoms with Crippen LogP contribution in [0.4, 0.5) is 11.5 Å². The monoisotopic (exact) mass is 328 g/mol. The number of nitrogens with zero attached hydrogens (tertiary/aromatic N) is 3. The summed E-state index contributed by atoms with van der Waals surface area (Å²) in [7, 11) is 3.35. The molecular formula is C18H24N4O2. The Bertz CT molecular complexity index is 678. The minimum atomic E-state index is 0.357. The molecule has 0 radical (unpaired) electrons. The molecule has 1 saturated heterocycles. The highest BCUT2D eigenvalue weighted by Crippen LogP contribution is 2.30. The predicted molar refractivity (Wildman–Crippen MR) is 95.3 cm³/mol. The normalized spacial score (nSPS) is 17.0. The van der Waals surface area contributed by atoms with Gasteiger partial charge in [0.25, 0.3) is 0 Å². The van der Waals surface area contributed by atoms with Gasteiger partial charge in [0.2, 0.25) is 0 Å². The van der Waals surface area contributed by atoms with E-state index < -0.39 is 0 Å². The van der Waals surface area contributed by atoms with Gasteiger partial charge < -0.3 is 19.7 Å². The van der Waals surface area contributed by atoms with E-state index in [1.54, 1.807) is 14.2 Å². The summed E-state index contributed by atoms with van der Waals surface area (Å²) in [5, 5.41) is 3.52. The van der Waals surface area contributed by atoms with Gasteiger partial charge >= 0.3 is 0 Å². The van der Waals surface area contributed by atoms with Crippen molar-refractivity contribution in [1.82, 2.24) is 9.97 Å². The summed E-state index contributed by atoms with van der Waals surface area (Å²) in [6.45, 7) is 5.81. The summed E-state index contributed by atoms with van der Waals surface area (Å²) >= 11 is 0. The number of benzene rings is 1. The highest BCUT2D eigenvalue weighted by molar-refractivity contribution is 5.57. The van der Waals surface area contributed by atoms with Crippen LogP contribution >= 0.6 is 0 Å². The zero-order valence-corrected chi connectivity index (χ0v) is 14.7. The average Bonchev–Trinajstić information content (AvgIpc) is 3.01. The van der Waals surface area contributed by atoms with E-state index in [0.29, 0.717) is 6.04 Å². The van der Waals surface area contributed by atoms with Gasteiger partial charge in [-0.1, -0.05) is 0 Å². The maximum atomic E-state index is 5.37. The lowest BCUT2D eigenvalue weighted by Crippen LogP contribution is -2.26. The number of anilines is 2. The maximum Gasteiger partial charge on any atom is 0.130 e. The molecule has 1 aliphatic rings. The Kier molecular flexibility index (Phi) is 4.74. The highest BCUT2D eigenvalue weighted by Gasteiger charge is 2.24. The first-order valence-corrected chi connectivity index (χ1v) is 8.14. The summed E-state index contributed by atoms with van der Waals surface area (Å²) in [5.74, 6) is 3.31. The molecule has 0 aliphatic carbocycles. The van der Waals surface area contributed by atoms with Gasteiger partial charge in [0.15, 0.2) is 0 Å². The molecule has 1 aromatic carbocycles. The Hall–Kier alpha value is -2.50. The third-order valence-corrected chi connectivity index (χ3v) is 4.21. The molecule has 2 aromatic rings. The molecule has 1 aromatic heterocycles. The fourth-order valence-electron chi connectivity index (χ4n) is 3.09. The third-order valence-electron chi connectivity index (χ3n) is 4.21. The van der Waals surface area contributed by atoms with E-state index in [1.807, 2.05) is 38.1 Å². The first-order valence-electron chi connectivity index (χ1n) is 8.14. The molecule has 0 saturated carbocycles. The first kappa shape index (κ1) is 16.4. The van der Waals surface area contributed by atoms with Crippen molar-refractivity contribution in [2.75, 3.05) is 37.5 Å². The fourth-order valence-corrected chi connectivity index (χ4v) is 3.09. The number of ether oxygens (including phenoxy) is 2. The Morgan fingerprint density at radius 1 is 1.04 bits per heavy atom. The molecule has 0 spiro atoms. The van der Waals surface area contributed by atoms with Crippen molar-refractivity contribution in [3.8, 4) is 11.5 Å². The van der Waals surface area contributed by atoms with Crippen LogP contribution in [-0.2, 0) is 0 Å². The SMILES string of the molecule is COc1cc(OC)cc(N2CCC(Nc3cc(C)nc(C)n3)C2)c1. The number of aryl methyl sites for hydroxylation is 2. The summed E-state index contributed by atoms with van der Waals surface area (Å²) in [5.41, 5.74) is 2.10. The fraction of sp³-hybridized carbons (Fsp3) is 0.444. The van der Waals surface area contributed by atoms with Crippen LogP contribution in [0.2, 0.25) is 0 Å². The molecule has 6 nitrogen and oxygen atoms in total. The van der Waals surface area contributed by atoms with Crippen LogP contribution in [0.25, 0.3) is 0 Å². The highest BCUT2D eigenvalue weighted by atomic mass is 16.5. The molecule has 1 atom stereocenters. The zero-order chi connectivity index (χ0) is 17.1. The standard InChI is InChI=1S/C18H24N4O2/c1-12-7-18(20-13(2)19-12)21-14-5-6-22(11-14)15-8-16(23-3)10-17(9-15)24-4/h7-10,14H,5-6,11H2,1-4H3,(H,19,20,21). The number of aromatic nitrogens is 2. The van der Waals surface area contributed by atoms with Crippen molar-refractivity contribution < 1.29 is 9.47 Å². The topological polar surface area (TPSA) is 59.5 Å². The number of rotatable bonds is 5. The Balaban J connectivity index is 1.71. The smallest absolute Gasteiger partial charge is 0.130 e. The molecule has 6 heteroatoms. The van der Waals surface area contributed by atoms with Crippen LogP contribution in [0.5, 0.6) is 11.5 Å². The van der Waals surface area contributed by atoms with E-state index in [9.17, 15) is 0 Å². The van der Waals surface area contributed by atoms with Crippen molar-refractivity contribution in [2.45, 2.75) is 26.3 Å². The van der Waals surface area contributed by atoms with Crippen LogP contribution in [-0.4, -0.2) is 43.3 Å². The van der Waals surface area contributed by atoms with Crippen LogP contribution in [0.3, 0.4) is 0 Å². The molecule has 3 rings (SSSR count). The molecule has 1 N–H and O–H groups in total. The molecule has 0 amide bonds. The maximum absolute atomic E-state index is 5.37. The van der Waals surface area contributed by atoms with Crippen molar-refractivity contribution in [3.05, 3.63) is 35.8 Å². The second kappa shape index (κ2) is 6.95. The van der Waals surface area contributed by atoms with E-state index >= 15 is 0 Å². The summed E-state index contributed by atoms with van der Waals surface area (Å²) in [6.07, 6.45) is 1.06. The molecule has 2 heterocycles. The Labute approximate surface area is 142 Å². The Morgan fingerprint density at radius 2 is 1.75 bits per heavy atom. The lowest BCUT2D eigenvalue weighted by molar-refractivity contribution is 0.394. The molecular weight excluding hydrogens is 304 g/mol. The van der Waals surface area contributed by atoms with Crippen LogP contribution in [0, 0.1) is 13.8 Å². The molecule has 24 heavy (non-hydrogen) atoms. The van der Waals surface area contributed by atoms with Gasteiger partial charge in [-0.15, -0.1) is 0 Å². The van der Waals surface area contributed by atoms with Crippen LogP contribution in [0.15, 0.2) is 24.3 Å². The largest absolute Gasteiger partial charge is 0.497 e. The zero-order valence-electron chi connectivity index (χ0n) is 14.7. The van der Waals surface area contributed by atoms with E-state index in [2.05, 4.69) is 20.2 Å². The van der Waals surface area contributed by atoms with Gasteiger partial charge in [-0.05, 0) is 20.3 Å². The third kappa shape index (κ3) is 3.69. The van der Waals surface area contributed by atoms with E-state index in [4.69, 9.17) is 9.47 Å². The van der Waals surface area contributed by atoms with E-state index in [1.165, 1.54) is 0 Å². The molecule has 1 unspecified atom stereocenters. The van der Waals surface area contributed by atoms with Gasteiger partial charge in [0, 0.05) is 54.8 Å². The van der Waals surface area contributed by atoms with Crippen molar-refractivity contribution in [3.63, 3.8) is 0 Å². The first-order chi connectivity index (χ1) is 11.6. The van der Waals surface area contributed by atoms with Crippen LogP contribution < -0.4 is 19.7 Å². The van der Waals surface area contributed by atoms with Crippen LogP contribution in [0.1, 0.15) is 17.9 Å². The van der Waals surface area contributed by atoms with Gasteiger partial charge in [-0.3, -0.25) is 0 Å². The molecule has 0 bridgehead atoms. The Morgan fingerprint density at radius 3 is 2.38 bits per heavy atom. The lowest BCUT2D eigenvalue weighted by atomic mass is 10.2. The minimum absolute atomic E-state index is 0.357. The van der Waals surface area contributed by atoms with Crippen molar-refractivity contribution in [1.29, 1.82) is 0 Å². The molecule has 1 aliphatic heterocycles. The van der Waals surface area contributed by atoms with Gasteiger partial charge in [0.05, 0.1) is 14.2 Å². The van der Waals surface area contributed by atoms with Crippen molar-refractivity contribution >= 4 is 11.5 Å². The summed E-state index contributed by atoms with van der Waals surface area (Å²) < 4.78 is 10.7. The molecule has 1 fully saturated rings. The number of methoxy groups -OCH3 is 2. The van der Waals surface area contributed by atoms with E-state index in [-0.39, 0.29) is 0 Å². The molecule has 128 valence electrons. The second-order valence-corrected chi connectivity index (χ2v) is 6.09. The quantitative estimate of drug-likeness (QED) is 0.911. The number of hydrogen-bond acceptors (Lipinski definition) is 6. The summed E-state index contributed by atoms with van der Waals surface area (Å²) in [4.78, 5) is 11.1. The van der Waals surface area contributed by atoms with E-state index in [0.717, 1.165) is 54.0 Å². The average molecular weight is 328 g/mol. The lowest BCUT2D eigenvalue weighted by Gasteiger charge is -2.21. The second-order valence-electron chi connectivity index (χ2n) is 6.09. The van der Waals surface area contributed by atoms with Crippen molar-refractivity contribution in [2.24, 2.45) is 0 Å². The number of hydrogen-bond donors (Lipinski definition) is 1. The van der Waals surface area contributed by atoms with Gasteiger partial charge in [0.1, 0.15) is 23.1 Å². The predicted octanol–water partition coefficient (Wildman–Crippen LogP) is 2.80. The number of nitrogens with one attached hydrogen (secondary N) is 1. The van der Waals surface area contributed by atoms with Gasteiger partial charge in [-0.25, -0.2) is 9.97 Å². The minimum Gasteiger partial charge on any atom is -0.497 e. The summed E-state index contributed by atoms with van der Waals surface area (Å²) in [6, 6.07) is 8.33. The van der Waals surface area contributed by atoms with Gasteiger partial charge in [-0.2, -0.15) is 0 Å².